The van der Waals surface area contributed by atoms with Crippen LogP contribution in [0.3, 0.4) is 0 Å². The van der Waals surface area contributed by atoms with Crippen molar-refractivity contribution in [3.63, 3.8) is 0 Å². The first-order chi connectivity index (χ1) is 18.9. The van der Waals surface area contributed by atoms with Gasteiger partial charge in [-0.1, -0.05) is 65.7 Å². The number of carbonyl (C=O) groups is 2. The van der Waals surface area contributed by atoms with Crippen LogP contribution in [0.4, 0.5) is 4.79 Å². The van der Waals surface area contributed by atoms with Gasteiger partial charge >= 0.3 is 6.03 Å². The highest BCUT2D eigenvalue weighted by Crippen LogP contribution is 2.30. The number of benzene rings is 3. The normalized spacial score (nSPS) is 17.7. The van der Waals surface area contributed by atoms with Gasteiger partial charge in [0.2, 0.25) is 0 Å². The lowest BCUT2D eigenvalue weighted by molar-refractivity contribution is 0.0780. The third-order valence-electron chi connectivity index (χ3n) is 8.18. The van der Waals surface area contributed by atoms with Crippen molar-refractivity contribution in [3.05, 3.63) is 81.8 Å². The predicted octanol–water partition coefficient (Wildman–Crippen LogP) is 6.27. The summed E-state index contributed by atoms with van der Waals surface area (Å²) in [6, 6.07) is 20.1. The third-order valence-corrected chi connectivity index (χ3v) is 8.92. The third kappa shape index (κ3) is 6.51. The Morgan fingerprint density at radius 1 is 1.03 bits per heavy atom. The molecule has 3 aromatic rings. The number of urea groups is 1. The molecule has 2 aliphatic heterocycles. The average molecular weight is 568 g/mol. The first-order valence-corrected chi connectivity index (χ1v) is 14.6. The van der Waals surface area contributed by atoms with Crippen molar-refractivity contribution in [3.8, 4) is 0 Å². The fourth-order valence-electron chi connectivity index (χ4n) is 5.95. The molecule has 2 saturated heterocycles. The number of nitrogens with zero attached hydrogens (tertiary/aromatic N) is 3. The molecule has 0 spiro atoms. The molecule has 1 atom stereocenters. The van der Waals surface area contributed by atoms with E-state index < -0.39 is 0 Å². The topological polar surface area (TPSA) is 55.9 Å². The number of likely N-dealkylation sites (tertiary alicyclic amines) is 1. The molecular formula is C31H36Cl2N4O2. The Hall–Kier alpha value is -2.80. The molecule has 0 saturated carbocycles. The second-order valence-corrected chi connectivity index (χ2v) is 11.5. The molecule has 8 heteroatoms. The summed E-state index contributed by atoms with van der Waals surface area (Å²) in [6.45, 7) is 5.06. The summed E-state index contributed by atoms with van der Waals surface area (Å²) in [7, 11) is 1.88. The Balaban J connectivity index is 1.26. The molecule has 0 unspecified atom stereocenters. The van der Waals surface area contributed by atoms with Gasteiger partial charge in [-0.2, -0.15) is 0 Å². The van der Waals surface area contributed by atoms with E-state index in [2.05, 4.69) is 10.2 Å². The van der Waals surface area contributed by atoms with Gasteiger partial charge in [-0.3, -0.25) is 4.79 Å². The SMILES string of the molecule is CN(C[C@@H](CCN1CCC(N2CCCNC2=O)CC1)c1ccc(Cl)c(Cl)c1)C(=O)c1cccc2ccccc12. The van der Waals surface area contributed by atoms with E-state index >= 15 is 0 Å². The van der Waals surface area contributed by atoms with Crippen molar-refractivity contribution < 1.29 is 9.59 Å². The maximum atomic E-state index is 13.6. The molecule has 6 nitrogen and oxygen atoms in total. The standard InChI is InChI=1S/C31H36Cl2N4O2/c1-35(30(38)27-9-4-7-22-6-2-3-8-26(22)27)21-24(23-10-11-28(32)29(33)20-23)12-17-36-18-13-25(14-19-36)37-16-5-15-34-31(37)39/h2-4,6-11,20,24-25H,5,12-19,21H2,1H3,(H,34,39)/t24-/m1/s1. The highest BCUT2D eigenvalue weighted by molar-refractivity contribution is 6.42. The molecule has 5 rings (SSSR count). The van der Waals surface area contributed by atoms with Crippen molar-refractivity contribution in [1.82, 2.24) is 20.0 Å². The fraction of sp³-hybridized carbons (Fsp3) is 0.419. The van der Waals surface area contributed by atoms with E-state index in [1.807, 2.05) is 77.5 Å². The Morgan fingerprint density at radius 2 is 1.79 bits per heavy atom. The lowest BCUT2D eigenvalue weighted by Crippen LogP contribution is -2.54. The molecule has 39 heavy (non-hydrogen) atoms. The lowest BCUT2D eigenvalue weighted by atomic mass is 9.93. The minimum atomic E-state index is 0.0116. The van der Waals surface area contributed by atoms with Gasteiger partial charge in [-0.15, -0.1) is 0 Å². The highest BCUT2D eigenvalue weighted by Gasteiger charge is 2.30. The molecule has 0 bridgehead atoms. The second kappa shape index (κ2) is 12.6. The summed E-state index contributed by atoms with van der Waals surface area (Å²) in [6.07, 6.45) is 3.89. The highest BCUT2D eigenvalue weighted by atomic mass is 35.5. The monoisotopic (exact) mass is 566 g/mol. The summed E-state index contributed by atoms with van der Waals surface area (Å²) >= 11 is 12.6. The van der Waals surface area contributed by atoms with Crippen molar-refractivity contribution in [2.75, 3.05) is 46.3 Å². The Labute approximate surface area is 240 Å². The van der Waals surface area contributed by atoms with E-state index in [1.54, 1.807) is 0 Å². The number of nitrogens with one attached hydrogen (secondary N) is 1. The van der Waals surface area contributed by atoms with Gasteiger partial charge in [0.05, 0.1) is 10.0 Å². The Morgan fingerprint density at radius 3 is 2.56 bits per heavy atom. The first kappa shape index (κ1) is 27.8. The quantitative estimate of drug-likeness (QED) is 0.349. The number of halogens is 2. The van der Waals surface area contributed by atoms with E-state index in [0.717, 1.165) is 74.7 Å². The molecular weight excluding hydrogens is 531 g/mol. The molecule has 206 valence electrons. The van der Waals surface area contributed by atoms with Gasteiger partial charge in [0.15, 0.2) is 0 Å². The smallest absolute Gasteiger partial charge is 0.317 e. The predicted molar refractivity (Wildman–Crippen MR) is 159 cm³/mol. The Bertz CT molecular complexity index is 1320. The number of likely N-dealkylation sites (N-methyl/N-ethyl adjacent to an activating group) is 1. The summed E-state index contributed by atoms with van der Waals surface area (Å²) in [4.78, 5) is 32.2. The molecule has 3 amide bonds. The molecule has 1 N–H and O–H groups in total. The molecule has 2 heterocycles. The maximum Gasteiger partial charge on any atom is 0.317 e. The van der Waals surface area contributed by atoms with Crippen LogP contribution in [0.5, 0.6) is 0 Å². The zero-order chi connectivity index (χ0) is 27.4. The number of hydrogen-bond acceptors (Lipinski definition) is 3. The summed E-state index contributed by atoms with van der Waals surface area (Å²) in [5.41, 5.74) is 1.80. The minimum absolute atomic E-state index is 0.0116. The van der Waals surface area contributed by atoms with E-state index in [0.29, 0.717) is 28.2 Å². The maximum absolute atomic E-state index is 13.6. The van der Waals surface area contributed by atoms with Crippen molar-refractivity contribution in [2.45, 2.75) is 37.6 Å². The number of carbonyl (C=O) groups excluding carboxylic acids is 2. The molecule has 2 fully saturated rings. The van der Waals surface area contributed by atoms with Gasteiger partial charge in [-0.05, 0) is 66.8 Å². The molecule has 2 aliphatic rings. The zero-order valence-corrected chi connectivity index (χ0v) is 23.9. The molecule has 0 radical (unpaired) electrons. The van der Waals surface area contributed by atoms with Crippen LogP contribution in [-0.2, 0) is 0 Å². The zero-order valence-electron chi connectivity index (χ0n) is 22.4. The van der Waals surface area contributed by atoms with Crippen LogP contribution >= 0.6 is 23.2 Å². The van der Waals surface area contributed by atoms with Gasteiger partial charge < -0.3 is 20.0 Å². The molecule has 0 aromatic heterocycles. The summed E-state index contributed by atoms with van der Waals surface area (Å²) in [5, 5.41) is 6.06. The largest absolute Gasteiger partial charge is 0.341 e. The Kier molecular flexibility index (Phi) is 8.96. The number of amides is 3. The van der Waals surface area contributed by atoms with E-state index in [1.165, 1.54) is 0 Å². The summed E-state index contributed by atoms with van der Waals surface area (Å²) < 4.78 is 0. The number of piperidine rings is 1. The fourth-order valence-corrected chi connectivity index (χ4v) is 6.26. The van der Waals surface area contributed by atoms with E-state index in [-0.39, 0.29) is 17.9 Å². The number of fused-ring (bicyclic) bond motifs is 1. The first-order valence-electron chi connectivity index (χ1n) is 13.9. The van der Waals surface area contributed by atoms with Gasteiger partial charge in [-0.25, -0.2) is 4.79 Å². The minimum Gasteiger partial charge on any atom is -0.341 e. The van der Waals surface area contributed by atoms with Crippen LogP contribution in [0, 0.1) is 0 Å². The summed E-state index contributed by atoms with van der Waals surface area (Å²) in [5.74, 6) is 0.117. The van der Waals surface area contributed by atoms with Crippen LogP contribution in [0.15, 0.2) is 60.7 Å². The van der Waals surface area contributed by atoms with Crippen LogP contribution in [-0.4, -0.2) is 79.0 Å². The number of hydrogen-bond donors (Lipinski definition) is 1. The molecule has 0 aliphatic carbocycles. The number of rotatable bonds is 8. The van der Waals surface area contributed by atoms with Crippen LogP contribution < -0.4 is 5.32 Å². The van der Waals surface area contributed by atoms with Gasteiger partial charge in [0.1, 0.15) is 0 Å². The van der Waals surface area contributed by atoms with Crippen molar-refractivity contribution in [1.29, 1.82) is 0 Å². The van der Waals surface area contributed by atoms with Crippen LogP contribution in [0.1, 0.15) is 47.5 Å². The van der Waals surface area contributed by atoms with Gasteiger partial charge in [0.25, 0.3) is 5.91 Å². The van der Waals surface area contributed by atoms with Crippen LogP contribution in [0.25, 0.3) is 10.8 Å². The van der Waals surface area contributed by atoms with E-state index in [9.17, 15) is 9.59 Å². The second-order valence-electron chi connectivity index (χ2n) is 10.7. The van der Waals surface area contributed by atoms with Crippen molar-refractivity contribution in [2.24, 2.45) is 0 Å². The molecule has 3 aromatic carbocycles. The average Bonchev–Trinajstić information content (AvgIpc) is 2.96. The lowest BCUT2D eigenvalue weighted by Gasteiger charge is -2.40. The van der Waals surface area contributed by atoms with E-state index in [4.69, 9.17) is 23.2 Å². The van der Waals surface area contributed by atoms with Crippen LogP contribution in [0.2, 0.25) is 10.0 Å². The van der Waals surface area contributed by atoms with Gasteiger partial charge in [0, 0.05) is 57.3 Å². The van der Waals surface area contributed by atoms with Crippen molar-refractivity contribution >= 4 is 45.9 Å².